The number of nitrogens with one attached hydrogen (secondary N) is 1. The van der Waals surface area contributed by atoms with E-state index < -0.39 is 22.8 Å². The molecule has 0 aliphatic carbocycles. The molecule has 2 aromatic rings. The fourth-order valence-corrected chi connectivity index (χ4v) is 2.25. The van der Waals surface area contributed by atoms with Gasteiger partial charge in [0.2, 0.25) is 17.8 Å². The Labute approximate surface area is 128 Å². The maximum Gasteiger partial charge on any atom is 0.237 e. The molecule has 10 heteroatoms. The van der Waals surface area contributed by atoms with Crippen LogP contribution in [-0.2, 0) is 4.79 Å². The van der Waals surface area contributed by atoms with Crippen molar-refractivity contribution in [2.75, 3.05) is 16.8 Å². The van der Waals surface area contributed by atoms with Gasteiger partial charge in [-0.05, 0) is 19.1 Å². The highest BCUT2D eigenvalue weighted by Crippen LogP contribution is 2.22. The van der Waals surface area contributed by atoms with Crippen molar-refractivity contribution in [3.8, 4) is 0 Å². The van der Waals surface area contributed by atoms with Crippen LogP contribution in [-0.4, -0.2) is 26.1 Å². The number of thioether (sulfide) groups is 1. The predicted molar refractivity (Wildman–Crippen MR) is 79.0 cm³/mol. The third-order valence-corrected chi connectivity index (χ3v) is 3.45. The molecule has 2 rings (SSSR count). The number of benzene rings is 1. The molecule has 0 fully saturated rings. The maximum atomic E-state index is 13.5. The van der Waals surface area contributed by atoms with Crippen molar-refractivity contribution in [3.63, 3.8) is 0 Å². The Morgan fingerprint density at radius 2 is 1.86 bits per heavy atom. The molecule has 0 radical (unpaired) electrons. The van der Waals surface area contributed by atoms with Gasteiger partial charge in [0, 0.05) is 6.07 Å². The Hall–Kier alpha value is -2.49. The lowest BCUT2D eigenvalue weighted by Crippen LogP contribution is -2.23. The van der Waals surface area contributed by atoms with Gasteiger partial charge in [0.05, 0.1) is 10.9 Å². The van der Waals surface area contributed by atoms with Crippen LogP contribution in [0, 0.1) is 11.6 Å². The van der Waals surface area contributed by atoms with Crippen LogP contribution in [0.25, 0.3) is 0 Å². The molecule has 0 bridgehead atoms. The second kappa shape index (κ2) is 6.52. The SMILES string of the molecule is C[C@@H](Sc1nc(N)nc(N)n1)C(=O)Nc1cc(F)ccc1F. The van der Waals surface area contributed by atoms with E-state index in [1.54, 1.807) is 6.92 Å². The Kier molecular flexibility index (Phi) is 4.71. The minimum absolute atomic E-state index is 0.0706. The van der Waals surface area contributed by atoms with E-state index in [1.807, 2.05) is 0 Å². The van der Waals surface area contributed by atoms with E-state index in [0.29, 0.717) is 0 Å². The summed E-state index contributed by atoms with van der Waals surface area (Å²) in [5, 5.41) is 1.76. The van der Waals surface area contributed by atoms with Gasteiger partial charge in [-0.1, -0.05) is 11.8 Å². The first-order chi connectivity index (χ1) is 10.3. The highest BCUT2D eigenvalue weighted by molar-refractivity contribution is 8.00. The van der Waals surface area contributed by atoms with Gasteiger partial charge >= 0.3 is 0 Å². The monoisotopic (exact) mass is 326 g/mol. The standard InChI is InChI=1S/C12H12F2N6OS/c1-5(22-12-19-10(15)18-11(16)20-12)9(21)17-8-4-6(13)2-3-7(8)14/h2-5H,1H3,(H,17,21)(H4,15,16,18,19,20)/t5-/m1/s1. The fourth-order valence-electron chi connectivity index (χ4n) is 1.48. The van der Waals surface area contributed by atoms with Gasteiger partial charge in [-0.3, -0.25) is 4.79 Å². The Balaban J connectivity index is 2.07. The molecule has 1 heterocycles. The van der Waals surface area contributed by atoms with Gasteiger partial charge in [0.25, 0.3) is 0 Å². The molecule has 0 saturated heterocycles. The molecule has 0 aliphatic rings. The summed E-state index contributed by atoms with van der Waals surface area (Å²) in [4.78, 5) is 23.2. The third kappa shape index (κ3) is 4.01. The van der Waals surface area contributed by atoms with Crippen LogP contribution in [0.15, 0.2) is 23.4 Å². The summed E-state index contributed by atoms with van der Waals surface area (Å²) < 4.78 is 26.5. The van der Waals surface area contributed by atoms with E-state index in [0.717, 1.165) is 30.0 Å². The number of nitrogens with zero attached hydrogens (tertiary/aromatic N) is 3. The summed E-state index contributed by atoms with van der Waals surface area (Å²) in [6.45, 7) is 1.55. The van der Waals surface area contributed by atoms with Crippen molar-refractivity contribution in [1.29, 1.82) is 0 Å². The molecule has 0 unspecified atom stereocenters. The Morgan fingerprint density at radius 3 is 2.50 bits per heavy atom. The third-order valence-electron chi connectivity index (χ3n) is 2.49. The van der Waals surface area contributed by atoms with E-state index in [9.17, 15) is 13.6 Å². The van der Waals surface area contributed by atoms with Crippen LogP contribution >= 0.6 is 11.8 Å². The van der Waals surface area contributed by atoms with Crippen molar-refractivity contribution >= 4 is 35.3 Å². The number of rotatable bonds is 4. The van der Waals surface area contributed by atoms with E-state index >= 15 is 0 Å². The molecule has 0 saturated carbocycles. The van der Waals surface area contributed by atoms with Gasteiger partial charge in [-0.25, -0.2) is 8.78 Å². The van der Waals surface area contributed by atoms with Crippen LogP contribution in [0.5, 0.6) is 0 Å². The van der Waals surface area contributed by atoms with Gasteiger partial charge in [0.15, 0.2) is 5.16 Å². The first kappa shape index (κ1) is 15.9. The summed E-state index contributed by atoms with van der Waals surface area (Å²) in [7, 11) is 0. The molecule has 1 aromatic heterocycles. The summed E-state index contributed by atoms with van der Waals surface area (Å²) in [5.74, 6) is -2.08. The molecule has 1 atom stereocenters. The minimum atomic E-state index is -0.736. The lowest BCUT2D eigenvalue weighted by Gasteiger charge is -2.12. The van der Waals surface area contributed by atoms with Crippen molar-refractivity contribution in [2.24, 2.45) is 0 Å². The largest absolute Gasteiger partial charge is 0.368 e. The lowest BCUT2D eigenvalue weighted by molar-refractivity contribution is -0.115. The zero-order valence-corrected chi connectivity index (χ0v) is 12.2. The first-order valence-electron chi connectivity index (χ1n) is 6.04. The Bertz CT molecular complexity index is 694. The molecule has 0 spiro atoms. The number of hydrogen-bond acceptors (Lipinski definition) is 7. The molecule has 1 amide bonds. The number of hydrogen-bond donors (Lipinski definition) is 3. The van der Waals surface area contributed by atoms with Crippen molar-refractivity contribution < 1.29 is 13.6 Å². The molecular formula is C12H12F2N6OS. The molecule has 22 heavy (non-hydrogen) atoms. The highest BCUT2D eigenvalue weighted by Gasteiger charge is 2.18. The first-order valence-corrected chi connectivity index (χ1v) is 6.92. The number of halogens is 2. The summed E-state index contributed by atoms with van der Waals surface area (Å²) in [5.41, 5.74) is 10.6. The molecule has 116 valence electrons. The number of amides is 1. The summed E-state index contributed by atoms with van der Waals surface area (Å²) in [6, 6.07) is 2.78. The number of aromatic nitrogens is 3. The average Bonchev–Trinajstić information content (AvgIpc) is 2.41. The second-order valence-corrected chi connectivity index (χ2v) is 5.52. The number of nitrogens with two attached hydrogens (primary N) is 2. The van der Waals surface area contributed by atoms with Crippen LogP contribution in [0.2, 0.25) is 0 Å². The number of carbonyl (C=O) groups excluding carboxylic acids is 1. The fraction of sp³-hybridized carbons (Fsp3) is 0.167. The molecule has 7 nitrogen and oxygen atoms in total. The van der Waals surface area contributed by atoms with Gasteiger partial charge in [-0.2, -0.15) is 15.0 Å². The zero-order chi connectivity index (χ0) is 16.3. The maximum absolute atomic E-state index is 13.5. The lowest BCUT2D eigenvalue weighted by atomic mass is 10.3. The molecule has 1 aromatic carbocycles. The van der Waals surface area contributed by atoms with E-state index in [4.69, 9.17) is 11.5 Å². The number of nitrogen functional groups attached to an aromatic ring is 2. The van der Waals surface area contributed by atoms with Crippen molar-refractivity contribution in [1.82, 2.24) is 15.0 Å². The van der Waals surface area contributed by atoms with Gasteiger partial charge in [-0.15, -0.1) is 0 Å². The van der Waals surface area contributed by atoms with E-state index in [1.165, 1.54) is 0 Å². The molecular weight excluding hydrogens is 314 g/mol. The zero-order valence-electron chi connectivity index (χ0n) is 11.4. The van der Waals surface area contributed by atoms with Crippen molar-refractivity contribution in [3.05, 3.63) is 29.8 Å². The highest BCUT2D eigenvalue weighted by atomic mass is 32.2. The minimum Gasteiger partial charge on any atom is -0.368 e. The van der Waals surface area contributed by atoms with Crippen LogP contribution < -0.4 is 16.8 Å². The van der Waals surface area contributed by atoms with E-state index in [2.05, 4.69) is 20.3 Å². The predicted octanol–water partition coefficient (Wildman–Crippen LogP) is 1.43. The molecule has 0 aliphatic heterocycles. The topological polar surface area (TPSA) is 120 Å². The van der Waals surface area contributed by atoms with Crippen LogP contribution in [0.3, 0.4) is 0 Å². The van der Waals surface area contributed by atoms with Gasteiger partial charge in [0.1, 0.15) is 11.6 Å². The molecule has 5 N–H and O–H groups in total. The second-order valence-electron chi connectivity index (χ2n) is 4.21. The van der Waals surface area contributed by atoms with Gasteiger partial charge < -0.3 is 16.8 Å². The smallest absolute Gasteiger partial charge is 0.237 e. The number of anilines is 3. The Morgan fingerprint density at radius 1 is 1.23 bits per heavy atom. The number of carbonyl (C=O) groups is 1. The summed E-state index contributed by atoms with van der Waals surface area (Å²) in [6.07, 6.45) is 0. The van der Waals surface area contributed by atoms with Crippen molar-refractivity contribution in [2.45, 2.75) is 17.3 Å². The summed E-state index contributed by atoms with van der Waals surface area (Å²) >= 11 is 0.959. The normalized spacial score (nSPS) is 12.0. The average molecular weight is 326 g/mol. The van der Waals surface area contributed by atoms with Crippen LogP contribution in [0.1, 0.15) is 6.92 Å². The quantitative estimate of drug-likeness (QED) is 0.727. The van der Waals surface area contributed by atoms with Crippen LogP contribution in [0.4, 0.5) is 26.4 Å². The van der Waals surface area contributed by atoms with E-state index in [-0.39, 0.29) is 22.7 Å².